The van der Waals surface area contributed by atoms with Crippen LogP contribution in [0.3, 0.4) is 0 Å². The molecule has 1 fully saturated rings. The zero-order valence-electron chi connectivity index (χ0n) is 12.6. The van der Waals surface area contributed by atoms with Crippen molar-refractivity contribution in [3.05, 3.63) is 0 Å². The molecule has 1 rings (SSSR count). The first-order valence-corrected chi connectivity index (χ1v) is 8.51. The topological polar surface area (TPSA) is 9.23 Å². The second-order valence-corrected chi connectivity index (χ2v) is 6.67. The van der Waals surface area contributed by atoms with E-state index in [1.807, 2.05) is 0 Å². The van der Waals surface area contributed by atoms with E-state index in [1.165, 1.54) is 51.4 Å². The Hall–Kier alpha value is 0.310. The molecule has 0 aromatic heterocycles. The minimum atomic E-state index is 0.329. The summed E-state index contributed by atoms with van der Waals surface area (Å²) in [5.41, 5.74) is 0.329. The third-order valence-electron chi connectivity index (χ3n) is 4.48. The molecule has 0 atom stereocenters. The molecule has 0 unspecified atom stereocenters. The summed E-state index contributed by atoms with van der Waals surface area (Å²) in [7, 11) is 0. The first-order chi connectivity index (χ1) is 8.65. The van der Waals surface area contributed by atoms with Gasteiger partial charge in [-0.15, -0.1) is 0 Å². The van der Waals surface area contributed by atoms with E-state index in [2.05, 4.69) is 33.4 Å². The van der Waals surface area contributed by atoms with Crippen LogP contribution in [0, 0.1) is 11.3 Å². The average Bonchev–Trinajstić information content (AvgIpc) is 2.38. The van der Waals surface area contributed by atoms with Gasteiger partial charge in [0, 0.05) is 5.41 Å². The van der Waals surface area contributed by atoms with Crippen LogP contribution in [0.4, 0.5) is 0 Å². The van der Waals surface area contributed by atoms with E-state index in [0.29, 0.717) is 11.5 Å². The number of hydrogen-bond acceptors (Lipinski definition) is 2. The Kier molecular flexibility index (Phi) is 7.70. The fraction of sp³-hybridized carbons (Fsp3) is 1.00. The van der Waals surface area contributed by atoms with Crippen LogP contribution in [-0.4, -0.2) is 18.5 Å². The highest BCUT2D eigenvalue weighted by Gasteiger charge is 2.29. The van der Waals surface area contributed by atoms with Crippen molar-refractivity contribution < 1.29 is 4.74 Å². The SMILES string of the molecule is CCCC(CS)(CCC)COC1CCC(C)CC1. The van der Waals surface area contributed by atoms with Crippen molar-refractivity contribution in [3.63, 3.8) is 0 Å². The smallest absolute Gasteiger partial charge is 0.0575 e. The Balaban J connectivity index is 2.40. The van der Waals surface area contributed by atoms with Crippen LogP contribution in [0.2, 0.25) is 0 Å². The molecule has 0 aromatic carbocycles. The van der Waals surface area contributed by atoms with E-state index in [9.17, 15) is 0 Å². The maximum absolute atomic E-state index is 6.24. The van der Waals surface area contributed by atoms with E-state index < -0.39 is 0 Å². The molecule has 0 bridgehead atoms. The molecule has 2 heteroatoms. The zero-order chi connectivity index (χ0) is 13.4. The minimum absolute atomic E-state index is 0.329. The minimum Gasteiger partial charge on any atom is -0.378 e. The zero-order valence-corrected chi connectivity index (χ0v) is 13.5. The van der Waals surface area contributed by atoms with Crippen molar-refractivity contribution in [2.75, 3.05) is 12.4 Å². The van der Waals surface area contributed by atoms with Gasteiger partial charge in [0.25, 0.3) is 0 Å². The van der Waals surface area contributed by atoms with Gasteiger partial charge in [0.1, 0.15) is 0 Å². The molecular weight excluding hydrogens is 240 g/mol. The molecule has 108 valence electrons. The summed E-state index contributed by atoms with van der Waals surface area (Å²) in [4.78, 5) is 0. The van der Waals surface area contributed by atoms with Gasteiger partial charge < -0.3 is 4.74 Å². The van der Waals surface area contributed by atoms with Gasteiger partial charge in [-0.3, -0.25) is 0 Å². The summed E-state index contributed by atoms with van der Waals surface area (Å²) in [6.45, 7) is 7.84. The fourth-order valence-corrected chi connectivity index (χ4v) is 3.63. The van der Waals surface area contributed by atoms with Gasteiger partial charge in [-0.25, -0.2) is 0 Å². The summed E-state index contributed by atoms with van der Waals surface area (Å²) in [5.74, 6) is 1.88. The average molecular weight is 272 g/mol. The van der Waals surface area contributed by atoms with Crippen molar-refractivity contribution >= 4 is 12.6 Å². The third kappa shape index (κ3) is 5.13. The van der Waals surface area contributed by atoms with Crippen LogP contribution in [0.25, 0.3) is 0 Å². The molecular formula is C16H32OS. The van der Waals surface area contributed by atoms with Gasteiger partial charge in [0.15, 0.2) is 0 Å². The second-order valence-electron chi connectivity index (χ2n) is 6.35. The van der Waals surface area contributed by atoms with Crippen molar-refractivity contribution in [2.45, 2.75) is 78.2 Å². The number of ether oxygens (including phenoxy) is 1. The molecule has 0 saturated heterocycles. The first kappa shape index (κ1) is 16.4. The molecule has 0 aromatic rings. The van der Waals surface area contributed by atoms with Gasteiger partial charge in [0.05, 0.1) is 12.7 Å². The molecule has 1 aliphatic rings. The van der Waals surface area contributed by atoms with Crippen LogP contribution in [0.15, 0.2) is 0 Å². The van der Waals surface area contributed by atoms with E-state index in [-0.39, 0.29) is 0 Å². The van der Waals surface area contributed by atoms with Crippen LogP contribution in [-0.2, 0) is 4.74 Å². The van der Waals surface area contributed by atoms with Gasteiger partial charge in [-0.1, -0.05) is 33.6 Å². The predicted octanol–water partition coefficient (Wildman–Crippen LogP) is 5.10. The van der Waals surface area contributed by atoms with Crippen molar-refractivity contribution in [2.24, 2.45) is 11.3 Å². The highest BCUT2D eigenvalue weighted by Crippen LogP contribution is 2.34. The third-order valence-corrected chi connectivity index (χ3v) is 5.15. The largest absolute Gasteiger partial charge is 0.378 e. The van der Waals surface area contributed by atoms with Gasteiger partial charge in [-0.05, 0) is 50.2 Å². The van der Waals surface area contributed by atoms with Crippen molar-refractivity contribution in [1.29, 1.82) is 0 Å². The van der Waals surface area contributed by atoms with Gasteiger partial charge >= 0.3 is 0 Å². The normalized spacial score (nSPS) is 25.3. The van der Waals surface area contributed by atoms with Crippen molar-refractivity contribution in [3.8, 4) is 0 Å². The van der Waals surface area contributed by atoms with E-state index >= 15 is 0 Å². The highest BCUT2D eigenvalue weighted by atomic mass is 32.1. The van der Waals surface area contributed by atoms with E-state index in [4.69, 9.17) is 4.74 Å². The monoisotopic (exact) mass is 272 g/mol. The maximum Gasteiger partial charge on any atom is 0.0575 e. The summed E-state index contributed by atoms with van der Waals surface area (Å²) in [6, 6.07) is 0. The van der Waals surface area contributed by atoms with Gasteiger partial charge in [-0.2, -0.15) is 12.6 Å². The molecule has 0 spiro atoms. The molecule has 0 N–H and O–H groups in total. The van der Waals surface area contributed by atoms with Crippen LogP contribution in [0.5, 0.6) is 0 Å². The maximum atomic E-state index is 6.24. The molecule has 1 saturated carbocycles. The van der Waals surface area contributed by atoms with Gasteiger partial charge in [0.2, 0.25) is 0 Å². The number of hydrogen-bond donors (Lipinski definition) is 1. The molecule has 0 amide bonds. The van der Waals surface area contributed by atoms with E-state index in [1.54, 1.807) is 0 Å². The number of rotatable bonds is 8. The van der Waals surface area contributed by atoms with Crippen LogP contribution in [0.1, 0.15) is 72.1 Å². The summed E-state index contributed by atoms with van der Waals surface area (Å²) in [6.07, 6.45) is 10.7. The second kappa shape index (κ2) is 8.47. The first-order valence-electron chi connectivity index (χ1n) is 7.88. The number of thiol groups is 1. The fourth-order valence-electron chi connectivity index (χ4n) is 3.22. The Morgan fingerprint density at radius 1 is 1.06 bits per heavy atom. The summed E-state index contributed by atoms with van der Waals surface area (Å²) >= 11 is 4.60. The predicted molar refractivity (Wildman–Crippen MR) is 83.5 cm³/mol. The summed E-state index contributed by atoms with van der Waals surface area (Å²) in [5, 5.41) is 0. The Labute approximate surface area is 119 Å². The standard InChI is InChI=1S/C16H32OS/c1-4-10-16(13-18,11-5-2)12-17-15-8-6-14(3)7-9-15/h14-15,18H,4-13H2,1-3H3. The Morgan fingerprint density at radius 3 is 2.06 bits per heavy atom. The van der Waals surface area contributed by atoms with Crippen molar-refractivity contribution in [1.82, 2.24) is 0 Å². The summed E-state index contributed by atoms with van der Waals surface area (Å²) < 4.78 is 6.24. The molecule has 1 aliphatic carbocycles. The lowest BCUT2D eigenvalue weighted by atomic mass is 9.81. The van der Waals surface area contributed by atoms with Crippen LogP contribution < -0.4 is 0 Å². The lowest BCUT2D eigenvalue weighted by molar-refractivity contribution is -0.0294. The van der Waals surface area contributed by atoms with Crippen LogP contribution >= 0.6 is 12.6 Å². The molecule has 0 radical (unpaired) electrons. The lowest BCUT2D eigenvalue weighted by Gasteiger charge is -2.35. The molecule has 18 heavy (non-hydrogen) atoms. The van der Waals surface area contributed by atoms with E-state index in [0.717, 1.165) is 18.3 Å². The molecule has 0 aliphatic heterocycles. The highest BCUT2D eigenvalue weighted by molar-refractivity contribution is 7.80. The Morgan fingerprint density at radius 2 is 1.61 bits per heavy atom. The molecule has 1 nitrogen and oxygen atoms in total. The lowest BCUT2D eigenvalue weighted by Crippen LogP contribution is -2.32. The Bertz CT molecular complexity index is 203. The molecule has 0 heterocycles. The quantitative estimate of drug-likeness (QED) is 0.605.